The Kier molecular flexibility index (Phi) is 8.86. The van der Waals surface area contributed by atoms with Crippen LogP contribution in [0.5, 0.6) is 5.75 Å². The first kappa shape index (κ1) is 18.7. The zero-order valence-electron chi connectivity index (χ0n) is 13.8. The van der Waals surface area contributed by atoms with Gasteiger partial charge in [0.1, 0.15) is 12.4 Å². The maximum atomic E-state index is 5.68. The van der Waals surface area contributed by atoms with E-state index in [2.05, 4.69) is 25.6 Å². The van der Waals surface area contributed by atoms with E-state index in [0.717, 1.165) is 11.3 Å². The highest BCUT2D eigenvalue weighted by Crippen LogP contribution is 2.11. The second-order valence-electron chi connectivity index (χ2n) is 5.70. The minimum atomic E-state index is -1.42. The highest BCUT2D eigenvalue weighted by atomic mass is 28.4. The monoisotopic (exact) mass is 322 g/mol. The number of terminal acetylenes is 1. The molecule has 1 aromatic carbocycles. The van der Waals surface area contributed by atoms with E-state index in [1.165, 1.54) is 0 Å². The lowest BCUT2D eigenvalue weighted by Crippen LogP contribution is -2.27. The van der Waals surface area contributed by atoms with Crippen LogP contribution in [0.2, 0.25) is 19.6 Å². The van der Waals surface area contributed by atoms with Gasteiger partial charge in [0, 0.05) is 5.56 Å². The number of rotatable bonds is 11. The Balaban J connectivity index is 1.92. The second-order valence-corrected chi connectivity index (χ2v) is 10.2. The topological polar surface area (TPSA) is 36.9 Å². The quantitative estimate of drug-likeness (QED) is 0.357. The van der Waals surface area contributed by atoms with Crippen molar-refractivity contribution in [3.8, 4) is 18.1 Å². The maximum absolute atomic E-state index is 5.68. The van der Waals surface area contributed by atoms with Crippen molar-refractivity contribution in [3.63, 3.8) is 0 Å². The van der Waals surface area contributed by atoms with Crippen molar-refractivity contribution in [1.82, 2.24) is 0 Å². The summed E-state index contributed by atoms with van der Waals surface area (Å²) < 4.78 is 22.1. The third-order valence-electron chi connectivity index (χ3n) is 2.65. The Hall–Kier alpha value is -1.32. The molecule has 0 saturated carbocycles. The molecule has 0 bridgehead atoms. The van der Waals surface area contributed by atoms with Gasteiger partial charge >= 0.3 is 0 Å². The zero-order valence-corrected chi connectivity index (χ0v) is 14.8. The predicted molar refractivity (Wildman–Crippen MR) is 90.8 cm³/mol. The Morgan fingerprint density at radius 3 is 1.95 bits per heavy atom. The number of ether oxygens (including phenoxy) is 3. The SMILES string of the molecule is C#Cc1ccc(OCCOCCOCCO[Si](C)(C)C)cc1. The van der Waals surface area contributed by atoms with Crippen molar-refractivity contribution in [1.29, 1.82) is 0 Å². The first-order valence-electron chi connectivity index (χ1n) is 7.50. The molecule has 0 N–H and O–H groups in total. The molecule has 5 heteroatoms. The number of hydrogen-bond acceptors (Lipinski definition) is 4. The average molecular weight is 322 g/mol. The van der Waals surface area contributed by atoms with Crippen LogP contribution in [0.25, 0.3) is 0 Å². The Labute approximate surface area is 134 Å². The Morgan fingerprint density at radius 1 is 0.864 bits per heavy atom. The zero-order chi connectivity index (χ0) is 16.3. The molecule has 0 aliphatic carbocycles. The lowest BCUT2D eigenvalue weighted by atomic mass is 10.2. The second kappa shape index (κ2) is 10.4. The number of hydrogen-bond donors (Lipinski definition) is 0. The van der Waals surface area contributed by atoms with Crippen LogP contribution < -0.4 is 4.74 Å². The van der Waals surface area contributed by atoms with Gasteiger partial charge in [-0.15, -0.1) is 6.42 Å². The standard InChI is InChI=1S/C17H26O4Si/c1-5-16-6-8-17(9-7-16)20-14-12-18-10-11-19-13-15-21-22(2,3)4/h1,6-9H,10-15H2,2-4H3. The fourth-order valence-corrected chi connectivity index (χ4v) is 2.29. The van der Waals surface area contributed by atoms with Crippen LogP contribution in [0.4, 0.5) is 0 Å². The van der Waals surface area contributed by atoms with Gasteiger partial charge in [-0.05, 0) is 43.9 Å². The highest BCUT2D eigenvalue weighted by Gasteiger charge is 2.12. The smallest absolute Gasteiger partial charge is 0.183 e. The summed E-state index contributed by atoms with van der Waals surface area (Å²) in [7, 11) is -1.42. The van der Waals surface area contributed by atoms with Crippen molar-refractivity contribution in [2.24, 2.45) is 0 Å². The molecule has 0 amide bonds. The molecule has 1 rings (SSSR count). The molecule has 122 valence electrons. The predicted octanol–water partition coefficient (Wildman–Crippen LogP) is 2.93. The van der Waals surface area contributed by atoms with Gasteiger partial charge in [-0.3, -0.25) is 0 Å². The third kappa shape index (κ3) is 9.58. The average Bonchev–Trinajstić information content (AvgIpc) is 2.48. The molecule has 0 radical (unpaired) electrons. The van der Waals surface area contributed by atoms with Gasteiger partial charge in [-0.1, -0.05) is 5.92 Å². The van der Waals surface area contributed by atoms with Gasteiger partial charge in [0.05, 0.1) is 33.0 Å². The molecular formula is C17H26O4Si. The van der Waals surface area contributed by atoms with Gasteiger partial charge in [0.25, 0.3) is 0 Å². The van der Waals surface area contributed by atoms with Gasteiger partial charge in [0.2, 0.25) is 0 Å². The van der Waals surface area contributed by atoms with Crippen molar-refractivity contribution >= 4 is 8.32 Å². The highest BCUT2D eigenvalue weighted by molar-refractivity contribution is 6.69. The summed E-state index contributed by atoms with van der Waals surface area (Å²) in [5, 5.41) is 0. The van der Waals surface area contributed by atoms with E-state index in [-0.39, 0.29) is 0 Å². The fourth-order valence-electron chi connectivity index (χ4n) is 1.59. The van der Waals surface area contributed by atoms with Crippen molar-refractivity contribution in [2.45, 2.75) is 19.6 Å². The first-order chi connectivity index (χ1) is 10.5. The normalized spacial score (nSPS) is 11.2. The van der Waals surface area contributed by atoms with Crippen LogP contribution in [-0.4, -0.2) is 48.0 Å². The largest absolute Gasteiger partial charge is 0.491 e. The summed E-state index contributed by atoms with van der Waals surface area (Å²) in [6.45, 7) is 9.94. The van der Waals surface area contributed by atoms with Gasteiger partial charge in [0.15, 0.2) is 8.32 Å². The molecule has 4 nitrogen and oxygen atoms in total. The molecule has 0 fully saturated rings. The van der Waals surface area contributed by atoms with Crippen LogP contribution >= 0.6 is 0 Å². The van der Waals surface area contributed by atoms with Crippen LogP contribution in [0.15, 0.2) is 24.3 Å². The van der Waals surface area contributed by atoms with E-state index in [1.807, 2.05) is 24.3 Å². The molecule has 0 saturated heterocycles. The fraction of sp³-hybridized carbons (Fsp3) is 0.529. The van der Waals surface area contributed by atoms with Crippen molar-refractivity contribution in [3.05, 3.63) is 29.8 Å². The summed E-state index contributed by atoms with van der Waals surface area (Å²) in [4.78, 5) is 0. The maximum Gasteiger partial charge on any atom is 0.183 e. The molecule has 22 heavy (non-hydrogen) atoms. The van der Waals surface area contributed by atoms with Crippen LogP contribution in [0, 0.1) is 12.3 Å². The molecule has 0 aliphatic heterocycles. The minimum Gasteiger partial charge on any atom is -0.491 e. The molecule has 0 unspecified atom stereocenters. The summed E-state index contributed by atoms with van der Waals surface area (Å²) >= 11 is 0. The number of benzene rings is 1. The van der Waals surface area contributed by atoms with Crippen LogP contribution in [-0.2, 0) is 13.9 Å². The van der Waals surface area contributed by atoms with E-state index in [1.54, 1.807) is 0 Å². The van der Waals surface area contributed by atoms with Gasteiger partial charge in [-0.25, -0.2) is 0 Å². The van der Waals surface area contributed by atoms with Crippen molar-refractivity contribution in [2.75, 3.05) is 39.6 Å². The molecule has 0 spiro atoms. The molecular weight excluding hydrogens is 296 g/mol. The molecule has 0 atom stereocenters. The first-order valence-corrected chi connectivity index (χ1v) is 10.9. The Bertz CT molecular complexity index is 445. The van der Waals surface area contributed by atoms with Crippen LogP contribution in [0.3, 0.4) is 0 Å². The molecule has 0 heterocycles. The Morgan fingerprint density at radius 2 is 1.41 bits per heavy atom. The van der Waals surface area contributed by atoms with Gasteiger partial charge < -0.3 is 18.6 Å². The minimum absolute atomic E-state index is 0.508. The summed E-state index contributed by atoms with van der Waals surface area (Å²) in [5.74, 6) is 3.36. The van der Waals surface area contributed by atoms with E-state index >= 15 is 0 Å². The molecule has 0 aliphatic rings. The molecule has 0 aromatic heterocycles. The summed E-state index contributed by atoms with van der Waals surface area (Å²) in [6, 6.07) is 7.42. The summed E-state index contributed by atoms with van der Waals surface area (Å²) in [6.07, 6.45) is 5.29. The molecule has 1 aromatic rings. The van der Waals surface area contributed by atoms with Gasteiger partial charge in [-0.2, -0.15) is 0 Å². The summed E-state index contributed by atoms with van der Waals surface area (Å²) in [5.41, 5.74) is 0.846. The lowest BCUT2D eigenvalue weighted by Gasteiger charge is -2.16. The third-order valence-corrected chi connectivity index (χ3v) is 3.72. The van der Waals surface area contributed by atoms with Crippen LogP contribution in [0.1, 0.15) is 5.56 Å². The van der Waals surface area contributed by atoms with Crippen molar-refractivity contribution < 1.29 is 18.6 Å². The van der Waals surface area contributed by atoms with E-state index in [0.29, 0.717) is 39.6 Å². The lowest BCUT2D eigenvalue weighted by molar-refractivity contribution is 0.0266. The van der Waals surface area contributed by atoms with E-state index < -0.39 is 8.32 Å². The van der Waals surface area contributed by atoms with E-state index in [9.17, 15) is 0 Å². The van der Waals surface area contributed by atoms with E-state index in [4.69, 9.17) is 25.1 Å².